The summed E-state index contributed by atoms with van der Waals surface area (Å²) in [6, 6.07) is 0. The molecule has 0 radical (unpaired) electrons. The zero-order valence-electron chi connectivity index (χ0n) is 9.95. The topological polar surface area (TPSA) is 72.4 Å². The van der Waals surface area contributed by atoms with Crippen molar-refractivity contribution in [3.8, 4) is 0 Å². The van der Waals surface area contributed by atoms with Gasteiger partial charge in [-0.3, -0.25) is 4.55 Å². The lowest BCUT2D eigenvalue weighted by Crippen LogP contribution is -2.32. The van der Waals surface area contributed by atoms with Gasteiger partial charge in [0.25, 0.3) is 10.1 Å². The number of ether oxygens (including phenoxy) is 1. The Balaban J connectivity index is 2.30. The molecule has 0 unspecified atom stereocenters. The lowest BCUT2D eigenvalue weighted by Gasteiger charge is -1.97. The van der Waals surface area contributed by atoms with Crippen LogP contribution in [0, 0.1) is 0 Å². The quantitative estimate of drug-likeness (QED) is 0.410. The van der Waals surface area contributed by atoms with E-state index >= 15 is 0 Å². The molecule has 7 heteroatoms. The van der Waals surface area contributed by atoms with Gasteiger partial charge in [-0.05, 0) is 6.92 Å². The molecule has 0 amide bonds. The molecule has 0 aliphatic heterocycles. The van der Waals surface area contributed by atoms with Crippen LogP contribution < -0.4 is 4.57 Å². The molecular formula is C10H19N2O4S+. The van der Waals surface area contributed by atoms with E-state index in [1.807, 2.05) is 34.8 Å². The molecule has 0 spiro atoms. The van der Waals surface area contributed by atoms with Crippen LogP contribution in [0.5, 0.6) is 0 Å². The molecule has 0 saturated carbocycles. The van der Waals surface area contributed by atoms with E-state index in [0.717, 1.165) is 6.54 Å². The highest BCUT2D eigenvalue weighted by atomic mass is 32.2. The van der Waals surface area contributed by atoms with Gasteiger partial charge in [0.1, 0.15) is 18.9 Å². The van der Waals surface area contributed by atoms with E-state index in [2.05, 4.69) is 0 Å². The van der Waals surface area contributed by atoms with Gasteiger partial charge in [0.05, 0.1) is 18.9 Å². The number of hydrogen-bond donors (Lipinski definition) is 1. The van der Waals surface area contributed by atoms with Gasteiger partial charge < -0.3 is 4.74 Å². The maximum Gasteiger partial charge on any atom is 0.265 e. The van der Waals surface area contributed by atoms with Crippen molar-refractivity contribution in [3.05, 3.63) is 18.7 Å². The van der Waals surface area contributed by atoms with Crippen molar-refractivity contribution in [1.29, 1.82) is 0 Å². The third-order valence-electron chi connectivity index (χ3n) is 2.26. The van der Waals surface area contributed by atoms with Crippen LogP contribution in [0.3, 0.4) is 0 Å². The van der Waals surface area contributed by atoms with E-state index in [9.17, 15) is 8.42 Å². The summed E-state index contributed by atoms with van der Waals surface area (Å²) < 4.78 is 38.7. The van der Waals surface area contributed by atoms with Gasteiger partial charge in [0.15, 0.2) is 0 Å². The smallest absolute Gasteiger partial charge is 0.265 e. The van der Waals surface area contributed by atoms with Gasteiger partial charge in [-0.15, -0.1) is 0 Å². The Hall–Kier alpha value is -0.920. The SMILES string of the molecule is CCOCCn1cc[n+](CCCS(=O)(=O)O)c1. The molecule has 0 saturated heterocycles. The summed E-state index contributed by atoms with van der Waals surface area (Å²) in [6.07, 6.45) is 6.07. The Morgan fingerprint density at radius 3 is 2.88 bits per heavy atom. The summed E-state index contributed by atoms with van der Waals surface area (Å²) >= 11 is 0. The summed E-state index contributed by atoms with van der Waals surface area (Å²) in [5.41, 5.74) is 0. The number of rotatable bonds is 8. The highest BCUT2D eigenvalue weighted by molar-refractivity contribution is 7.85. The van der Waals surface area contributed by atoms with Crippen LogP contribution in [-0.4, -0.2) is 36.5 Å². The van der Waals surface area contributed by atoms with Crippen molar-refractivity contribution in [2.75, 3.05) is 19.0 Å². The number of nitrogens with zero attached hydrogens (tertiary/aromatic N) is 2. The summed E-state index contributed by atoms with van der Waals surface area (Å²) in [5.74, 6) is -0.204. The number of imidazole rings is 1. The standard InChI is InChI=1S/C10H18N2O4S/c1-2-16-8-7-12-6-5-11(10-12)4-3-9-17(13,14)15/h5-6,10H,2-4,7-9H2,1H3/p+1. The van der Waals surface area contributed by atoms with E-state index in [4.69, 9.17) is 9.29 Å². The minimum atomic E-state index is -3.85. The molecule has 1 rings (SSSR count). The number of hydrogen-bond acceptors (Lipinski definition) is 3. The Morgan fingerprint density at radius 2 is 2.24 bits per heavy atom. The minimum Gasteiger partial charge on any atom is -0.378 e. The Morgan fingerprint density at radius 1 is 1.47 bits per heavy atom. The van der Waals surface area contributed by atoms with Crippen molar-refractivity contribution in [2.24, 2.45) is 0 Å². The van der Waals surface area contributed by atoms with Crippen molar-refractivity contribution in [3.63, 3.8) is 0 Å². The highest BCUT2D eigenvalue weighted by Crippen LogP contribution is 1.90. The van der Waals surface area contributed by atoms with Crippen molar-refractivity contribution in [1.82, 2.24) is 4.57 Å². The molecule has 98 valence electrons. The fourth-order valence-corrected chi connectivity index (χ4v) is 1.94. The first kappa shape index (κ1) is 14.1. The molecule has 1 N–H and O–H groups in total. The predicted octanol–water partition coefficient (Wildman–Crippen LogP) is 0.0900. The Labute approximate surface area is 102 Å². The molecule has 6 nitrogen and oxygen atoms in total. The monoisotopic (exact) mass is 263 g/mol. The average Bonchev–Trinajstić information content (AvgIpc) is 2.64. The maximum absolute atomic E-state index is 10.5. The van der Waals surface area contributed by atoms with Gasteiger partial charge in [0, 0.05) is 13.0 Å². The van der Waals surface area contributed by atoms with E-state index in [1.165, 1.54) is 0 Å². The van der Waals surface area contributed by atoms with Crippen molar-refractivity contribution >= 4 is 10.1 Å². The molecule has 0 aliphatic carbocycles. The molecule has 0 fully saturated rings. The van der Waals surface area contributed by atoms with Crippen LogP contribution in [0.1, 0.15) is 13.3 Å². The molecule has 0 aromatic carbocycles. The minimum absolute atomic E-state index is 0.204. The van der Waals surface area contributed by atoms with Gasteiger partial charge in [-0.25, -0.2) is 9.13 Å². The predicted molar refractivity (Wildman–Crippen MR) is 62.2 cm³/mol. The van der Waals surface area contributed by atoms with Crippen LogP contribution in [0.4, 0.5) is 0 Å². The second-order valence-electron chi connectivity index (χ2n) is 3.73. The van der Waals surface area contributed by atoms with Gasteiger partial charge in [0.2, 0.25) is 6.33 Å². The molecule has 1 aromatic heterocycles. The maximum atomic E-state index is 10.5. The van der Waals surface area contributed by atoms with Crippen LogP contribution in [0.2, 0.25) is 0 Å². The molecule has 1 heterocycles. The first-order valence-corrected chi connectivity index (χ1v) is 7.20. The Bertz CT molecular complexity index is 427. The van der Waals surface area contributed by atoms with E-state index in [0.29, 0.717) is 26.2 Å². The van der Waals surface area contributed by atoms with E-state index in [1.54, 1.807) is 0 Å². The van der Waals surface area contributed by atoms with Gasteiger partial charge in [-0.1, -0.05) is 0 Å². The van der Waals surface area contributed by atoms with Crippen LogP contribution in [0.15, 0.2) is 18.7 Å². The normalized spacial score (nSPS) is 11.9. The third kappa shape index (κ3) is 6.40. The molecule has 1 aromatic rings. The first-order chi connectivity index (χ1) is 8.01. The lowest BCUT2D eigenvalue weighted by molar-refractivity contribution is -0.696. The first-order valence-electron chi connectivity index (χ1n) is 5.59. The van der Waals surface area contributed by atoms with Crippen LogP contribution in [-0.2, 0) is 27.9 Å². The summed E-state index contributed by atoms with van der Waals surface area (Å²) in [6.45, 7) is 4.66. The molecule has 0 atom stereocenters. The molecule has 0 aliphatic rings. The van der Waals surface area contributed by atoms with Crippen LogP contribution in [0.25, 0.3) is 0 Å². The average molecular weight is 263 g/mol. The highest BCUT2D eigenvalue weighted by Gasteiger charge is 2.07. The molecular weight excluding hydrogens is 244 g/mol. The Kier molecular flexibility index (Phi) is 5.60. The largest absolute Gasteiger partial charge is 0.378 e. The van der Waals surface area contributed by atoms with Crippen molar-refractivity contribution < 1.29 is 22.3 Å². The van der Waals surface area contributed by atoms with E-state index < -0.39 is 10.1 Å². The third-order valence-corrected chi connectivity index (χ3v) is 3.07. The summed E-state index contributed by atoms with van der Waals surface area (Å²) in [4.78, 5) is 0. The van der Waals surface area contributed by atoms with Gasteiger partial charge >= 0.3 is 0 Å². The van der Waals surface area contributed by atoms with E-state index in [-0.39, 0.29) is 5.75 Å². The zero-order chi connectivity index (χ0) is 12.7. The summed E-state index contributed by atoms with van der Waals surface area (Å²) in [5, 5.41) is 0. The number of aryl methyl sites for hydroxylation is 1. The molecule has 0 bridgehead atoms. The second kappa shape index (κ2) is 6.73. The second-order valence-corrected chi connectivity index (χ2v) is 5.30. The molecule has 17 heavy (non-hydrogen) atoms. The zero-order valence-corrected chi connectivity index (χ0v) is 10.8. The number of aromatic nitrogens is 2. The summed E-state index contributed by atoms with van der Waals surface area (Å²) in [7, 11) is -3.85. The van der Waals surface area contributed by atoms with Crippen molar-refractivity contribution in [2.45, 2.75) is 26.4 Å². The fraction of sp³-hybridized carbons (Fsp3) is 0.700. The fourth-order valence-electron chi connectivity index (χ4n) is 1.45. The van der Waals surface area contributed by atoms with Crippen LogP contribution >= 0.6 is 0 Å². The van der Waals surface area contributed by atoms with Gasteiger partial charge in [-0.2, -0.15) is 8.42 Å². The lowest BCUT2D eigenvalue weighted by atomic mass is 10.5.